The van der Waals surface area contributed by atoms with Gasteiger partial charge in [0.05, 0.1) is 27.8 Å². The molecule has 0 aliphatic heterocycles. The monoisotopic (exact) mass is 305 g/mol. The van der Waals surface area contributed by atoms with Crippen LogP contribution in [0.1, 0.15) is 5.56 Å². The summed E-state index contributed by atoms with van der Waals surface area (Å²) in [5.74, 6) is 0.421. The number of pyridine rings is 1. The summed E-state index contributed by atoms with van der Waals surface area (Å²) >= 11 is 0. The average molecular weight is 305 g/mol. The predicted octanol–water partition coefficient (Wildman–Crippen LogP) is 3.37. The van der Waals surface area contributed by atoms with Crippen LogP contribution >= 0.6 is 0 Å². The van der Waals surface area contributed by atoms with E-state index in [1.165, 1.54) is 12.4 Å². The van der Waals surface area contributed by atoms with Gasteiger partial charge in [0.25, 0.3) is 0 Å². The Hall–Kier alpha value is -2.90. The zero-order chi connectivity index (χ0) is 15.7. The number of nitrogens with one attached hydrogen (secondary N) is 1. The molecule has 3 N–H and O–H groups in total. The van der Waals surface area contributed by atoms with Crippen LogP contribution in [-0.2, 0) is 6.18 Å². The van der Waals surface area contributed by atoms with Gasteiger partial charge in [-0.25, -0.2) is 9.97 Å². The Morgan fingerprint density at radius 1 is 1.09 bits per heavy atom. The summed E-state index contributed by atoms with van der Waals surface area (Å²) in [6.07, 6.45) is 0.0761. The molecule has 1 aromatic carbocycles. The van der Waals surface area contributed by atoms with Gasteiger partial charge >= 0.3 is 6.18 Å². The van der Waals surface area contributed by atoms with E-state index in [-0.39, 0.29) is 5.69 Å². The van der Waals surface area contributed by atoms with Gasteiger partial charge in [-0.05, 0) is 24.3 Å². The van der Waals surface area contributed by atoms with Crippen LogP contribution < -0.4 is 11.1 Å². The molecule has 0 radical (unpaired) electrons. The molecule has 0 spiro atoms. The van der Waals surface area contributed by atoms with Crippen molar-refractivity contribution < 1.29 is 13.2 Å². The summed E-state index contributed by atoms with van der Waals surface area (Å²) < 4.78 is 37.9. The number of anilines is 3. The second-order valence-corrected chi connectivity index (χ2v) is 4.54. The van der Waals surface area contributed by atoms with E-state index in [4.69, 9.17) is 5.73 Å². The van der Waals surface area contributed by atoms with E-state index in [2.05, 4.69) is 20.3 Å². The number of hydrogen-bond acceptors (Lipinski definition) is 5. The quantitative estimate of drug-likeness (QED) is 0.710. The Balaban J connectivity index is 1.99. The van der Waals surface area contributed by atoms with E-state index >= 15 is 0 Å². The van der Waals surface area contributed by atoms with Crippen molar-refractivity contribution in [3.8, 4) is 0 Å². The Morgan fingerprint density at radius 3 is 2.64 bits per heavy atom. The molecule has 0 amide bonds. The van der Waals surface area contributed by atoms with Crippen molar-refractivity contribution in [1.82, 2.24) is 15.0 Å². The summed E-state index contributed by atoms with van der Waals surface area (Å²) in [5.41, 5.74) is 5.86. The molecule has 22 heavy (non-hydrogen) atoms. The van der Waals surface area contributed by atoms with Gasteiger partial charge in [0, 0.05) is 12.4 Å². The largest absolute Gasteiger partial charge is 0.416 e. The fourth-order valence-electron chi connectivity index (χ4n) is 1.98. The number of hydrogen-bond donors (Lipinski definition) is 2. The Morgan fingerprint density at radius 2 is 1.91 bits per heavy atom. The normalized spacial score (nSPS) is 11.6. The van der Waals surface area contributed by atoms with Gasteiger partial charge in [0.2, 0.25) is 0 Å². The maximum absolute atomic E-state index is 12.6. The van der Waals surface area contributed by atoms with Crippen molar-refractivity contribution in [2.24, 2.45) is 0 Å². The van der Waals surface area contributed by atoms with Crippen molar-refractivity contribution in [3.63, 3.8) is 0 Å². The first-order valence-corrected chi connectivity index (χ1v) is 6.23. The Bertz CT molecular complexity index is 827. The number of fused-ring (bicyclic) bond motifs is 1. The van der Waals surface area contributed by atoms with E-state index in [0.717, 1.165) is 12.1 Å². The molecule has 0 unspecified atom stereocenters. The molecule has 5 nitrogen and oxygen atoms in total. The molecule has 8 heteroatoms. The topological polar surface area (TPSA) is 76.7 Å². The number of nitrogen functional groups attached to an aromatic ring is 1. The second-order valence-electron chi connectivity index (χ2n) is 4.54. The number of aromatic nitrogens is 3. The fourth-order valence-corrected chi connectivity index (χ4v) is 1.98. The zero-order valence-electron chi connectivity index (χ0n) is 11.1. The van der Waals surface area contributed by atoms with Crippen molar-refractivity contribution in [3.05, 3.63) is 48.5 Å². The minimum atomic E-state index is -4.43. The second kappa shape index (κ2) is 5.14. The van der Waals surface area contributed by atoms with E-state index in [1.54, 1.807) is 18.5 Å². The van der Waals surface area contributed by atoms with E-state index in [1.807, 2.05) is 0 Å². The smallest absolute Gasteiger partial charge is 0.397 e. The highest BCUT2D eigenvalue weighted by Crippen LogP contribution is 2.34. The summed E-state index contributed by atoms with van der Waals surface area (Å²) in [7, 11) is 0. The molecule has 112 valence electrons. The third kappa shape index (κ3) is 2.62. The number of alkyl halides is 3. The molecular weight excluding hydrogens is 295 g/mol. The van der Waals surface area contributed by atoms with Crippen LogP contribution in [0.2, 0.25) is 0 Å². The molecular formula is C14H10F3N5. The number of halogens is 3. The van der Waals surface area contributed by atoms with E-state index in [0.29, 0.717) is 22.4 Å². The predicted molar refractivity (Wildman–Crippen MR) is 76.5 cm³/mol. The third-order valence-electron chi connectivity index (χ3n) is 3.07. The van der Waals surface area contributed by atoms with Gasteiger partial charge < -0.3 is 11.1 Å². The maximum atomic E-state index is 12.6. The van der Waals surface area contributed by atoms with E-state index < -0.39 is 11.7 Å². The summed E-state index contributed by atoms with van der Waals surface area (Å²) in [4.78, 5) is 12.1. The molecule has 0 saturated carbocycles. The first-order chi connectivity index (χ1) is 10.4. The van der Waals surface area contributed by atoms with Gasteiger partial charge in [-0.2, -0.15) is 13.2 Å². The molecule has 3 aromatic rings. The molecule has 0 fully saturated rings. The zero-order valence-corrected chi connectivity index (χ0v) is 11.1. The first-order valence-electron chi connectivity index (χ1n) is 6.23. The van der Waals surface area contributed by atoms with Gasteiger partial charge in [-0.3, -0.25) is 4.98 Å². The number of benzene rings is 1. The Labute approximate surface area is 123 Å². The molecule has 0 aliphatic carbocycles. The maximum Gasteiger partial charge on any atom is 0.416 e. The minimum Gasteiger partial charge on any atom is -0.397 e. The van der Waals surface area contributed by atoms with Crippen LogP contribution in [0.3, 0.4) is 0 Å². The van der Waals surface area contributed by atoms with Crippen molar-refractivity contribution in [1.29, 1.82) is 0 Å². The van der Waals surface area contributed by atoms with Crippen LogP contribution in [0.5, 0.6) is 0 Å². The fraction of sp³-hybridized carbons (Fsp3) is 0.0714. The molecule has 2 heterocycles. The van der Waals surface area contributed by atoms with Gasteiger partial charge in [0.1, 0.15) is 12.1 Å². The van der Waals surface area contributed by atoms with Crippen LogP contribution in [0.4, 0.5) is 30.4 Å². The SMILES string of the molecule is Nc1cc(C(F)(F)F)ccc1Nc1ncnc2ccncc12. The lowest BCUT2D eigenvalue weighted by Crippen LogP contribution is -2.07. The first kappa shape index (κ1) is 14.1. The summed E-state index contributed by atoms with van der Waals surface area (Å²) in [5, 5.41) is 3.55. The lowest BCUT2D eigenvalue weighted by Gasteiger charge is -2.13. The van der Waals surface area contributed by atoms with Gasteiger partial charge in [0.15, 0.2) is 0 Å². The highest BCUT2D eigenvalue weighted by atomic mass is 19.4. The van der Waals surface area contributed by atoms with Crippen LogP contribution in [0.15, 0.2) is 43.0 Å². The number of rotatable bonds is 2. The summed E-state index contributed by atoms with van der Waals surface area (Å²) in [6, 6.07) is 4.81. The van der Waals surface area contributed by atoms with Gasteiger partial charge in [-0.15, -0.1) is 0 Å². The number of nitrogens with two attached hydrogens (primary N) is 1. The summed E-state index contributed by atoms with van der Waals surface area (Å²) in [6.45, 7) is 0. The van der Waals surface area contributed by atoms with Crippen molar-refractivity contribution >= 4 is 28.1 Å². The highest BCUT2D eigenvalue weighted by molar-refractivity contribution is 5.90. The molecule has 0 saturated heterocycles. The van der Waals surface area contributed by atoms with Crippen LogP contribution in [-0.4, -0.2) is 15.0 Å². The lowest BCUT2D eigenvalue weighted by molar-refractivity contribution is -0.137. The Kier molecular flexibility index (Phi) is 3.28. The molecule has 0 aliphatic rings. The van der Waals surface area contributed by atoms with Crippen molar-refractivity contribution in [2.75, 3.05) is 11.1 Å². The minimum absolute atomic E-state index is 0.0227. The lowest BCUT2D eigenvalue weighted by atomic mass is 10.1. The average Bonchev–Trinajstić information content (AvgIpc) is 2.48. The molecule has 0 atom stereocenters. The van der Waals surface area contributed by atoms with Gasteiger partial charge in [-0.1, -0.05) is 0 Å². The van der Waals surface area contributed by atoms with Crippen molar-refractivity contribution in [2.45, 2.75) is 6.18 Å². The van der Waals surface area contributed by atoms with E-state index in [9.17, 15) is 13.2 Å². The van der Waals surface area contributed by atoms with Crippen LogP contribution in [0, 0.1) is 0 Å². The van der Waals surface area contributed by atoms with Crippen LogP contribution in [0.25, 0.3) is 10.9 Å². The number of nitrogens with zero attached hydrogens (tertiary/aromatic N) is 3. The standard InChI is InChI=1S/C14H10F3N5/c15-14(16,17)8-1-2-12(10(18)5-8)22-13-9-6-19-4-3-11(9)20-7-21-13/h1-7H,18H2,(H,20,21,22). The third-order valence-corrected chi connectivity index (χ3v) is 3.07. The molecule has 2 aromatic heterocycles. The molecule has 3 rings (SSSR count). The highest BCUT2D eigenvalue weighted by Gasteiger charge is 2.30. The molecule has 0 bridgehead atoms.